The molecule has 0 radical (unpaired) electrons. The van der Waals surface area contributed by atoms with Gasteiger partial charge in [-0.1, -0.05) is 0 Å². The summed E-state index contributed by atoms with van der Waals surface area (Å²) in [5.74, 6) is 1.73. The van der Waals surface area contributed by atoms with Crippen molar-refractivity contribution in [2.45, 2.75) is 20.3 Å². The molecule has 1 saturated heterocycles. The van der Waals surface area contributed by atoms with Gasteiger partial charge in [0.05, 0.1) is 12.8 Å². The minimum atomic E-state index is 0.751. The quantitative estimate of drug-likeness (QED) is 0.885. The van der Waals surface area contributed by atoms with Crippen LogP contribution in [0.1, 0.15) is 17.5 Å². The largest absolute Gasteiger partial charge is 0.495 e. The maximum Gasteiger partial charge on any atom is 0.142 e. The number of methoxy groups -OCH3 is 1. The Morgan fingerprint density at radius 3 is 2.67 bits per heavy atom. The zero-order valence-electron chi connectivity index (χ0n) is 11.9. The van der Waals surface area contributed by atoms with Crippen molar-refractivity contribution in [3.05, 3.63) is 23.3 Å². The van der Waals surface area contributed by atoms with E-state index in [1.54, 1.807) is 7.11 Å². The number of ether oxygens (including phenoxy) is 1. The molecule has 100 valence electrons. The van der Waals surface area contributed by atoms with Gasteiger partial charge < -0.3 is 15.0 Å². The summed E-state index contributed by atoms with van der Waals surface area (Å²) in [4.78, 5) is 2.32. The van der Waals surface area contributed by atoms with Crippen LogP contribution in [0.15, 0.2) is 12.1 Å². The lowest BCUT2D eigenvalue weighted by Crippen LogP contribution is -2.27. The monoisotopic (exact) mass is 248 g/mol. The van der Waals surface area contributed by atoms with E-state index in [0.717, 1.165) is 31.3 Å². The average molecular weight is 248 g/mol. The molecular weight excluding hydrogens is 224 g/mol. The molecular formula is C15H24N2O. The molecule has 1 aliphatic rings. The highest BCUT2D eigenvalue weighted by molar-refractivity contribution is 5.61. The molecule has 1 aromatic rings. The summed E-state index contributed by atoms with van der Waals surface area (Å²) in [5.41, 5.74) is 3.81. The lowest BCUT2D eigenvalue weighted by molar-refractivity contribution is 0.413. The van der Waals surface area contributed by atoms with Crippen LogP contribution in [-0.4, -0.2) is 33.8 Å². The van der Waals surface area contributed by atoms with Gasteiger partial charge in [-0.25, -0.2) is 0 Å². The zero-order valence-corrected chi connectivity index (χ0v) is 11.9. The number of hydrogen-bond acceptors (Lipinski definition) is 3. The van der Waals surface area contributed by atoms with Gasteiger partial charge in [0.1, 0.15) is 5.75 Å². The molecule has 2 rings (SSSR count). The normalized spacial score (nSPS) is 19.0. The highest BCUT2D eigenvalue weighted by Crippen LogP contribution is 2.31. The molecule has 0 amide bonds. The third-order valence-electron chi connectivity index (χ3n) is 3.90. The van der Waals surface area contributed by atoms with E-state index in [0.29, 0.717) is 0 Å². The fraction of sp³-hybridized carbons (Fsp3) is 0.600. The molecule has 0 aromatic heterocycles. The molecule has 3 heteroatoms. The van der Waals surface area contributed by atoms with Crippen molar-refractivity contribution in [2.75, 3.05) is 38.7 Å². The summed E-state index contributed by atoms with van der Waals surface area (Å²) < 4.78 is 5.51. The van der Waals surface area contributed by atoms with E-state index in [1.165, 1.54) is 23.2 Å². The van der Waals surface area contributed by atoms with Crippen LogP contribution in [-0.2, 0) is 0 Å². The van der Waals surface area contributed by atoms with Gasteiger partial charge in [0.2, 0.25) is 0 Å². The maximum atomic E-state index is 5.51. The summed E-state index contributed by atoms with van der Waals surface area (Å²) in [6, 6.07) is 4.37. The zero-order chi connectivity index (χ0) is 13.1. The fourth-order valence-electron chi connectivity index (χ4n) is 2.59. The van der Waals surface area contributed by atoms with Crippen LogP contribution in [0.25, 0.3) is 0 Å². The first-order chi connectivity index (χ1) is 8.61. The molecule has 1 N–H and O–H groups in total. The van der Waals surface area contributed by atoms with Crippen molar-refractivity contribution < 1.29 is 4.74 Å². The molecule has 0 aliphatic carbocycles. The highest BCUT2D eigenvalue weighted by atomic mass is 16.5. The Hall–Kier alpha value is -1.22. The second kappa shape index (κ2) is 5.61. The average Bonchev–Trinajstić information content (AvgIpc) is 2.84. The number of anilines is 1. The number of hydrogen-bond donors (Lipinski definition) is 1. The van der Waals surface area contributed by atoms with E-state index in [1.807, 2.05) is 0 Å². The summed E-state index contributed by atoms with van der Waals surface area (Å²) in [5, 5.41) is 3.42. The number of nitrogens with zero attached hydrogens (tertiary/aromatic N) is 1. The van der Waals surface area contributed by atoms with E-state index in [4.69, 9.17) is 4.74 Å². The van der Waals surface area contributed by atoms with Crippen molar-refractivity contribution in [1.82, 2.24) is 5.32 Å². The lowest BCUT2D eigenvalue weighted by Gasteiger charge is -2.25. The van der Waals surface area contributed by atoms with Crippen LogP contribution in [0.4, 0.5) is 5.69 Å². The highest BCUT2D eigenvalue weighted by Gasteiger charge is 2.18. The first-order valence-electron chi connectivity index (χ1n) is 6.69. The Balaban J connectivity index is 2.17. The Bertz CT molecular complexity index is 411. The van der Waals surface area contributed by atoms with Gasteiger partial charge in [-0.05, 0) is 62.5 Å². The van der Waals surface area contributed by atoms with Crippen molar-refractivity contribution in [1.29, 1.82) is 0 Å². The second-order valence-corrected chi connectivity index (χ2v) is 5.35. The van der Waals surface area contributed by atoms with E-state index >= 15 is 0 Å². The van der Waals surface area contributed by atoms with Crippen molar-refractivity contribution in [3.8, 4) is 5.75 Å². The molecule has 18 heavy (non-hydrogen) atoms. The molecule has 1 unspecified atom stereocenters. The van der Waals surface area contributed by atoms with Crippen molar-refractivity contribution in [3.63, 3.8) is 0 Å². The number of benzene rings is 1. The minimum absolute atomic E-state index is 0.751. The Kier molecular flexibility index (Phi) is 4.12. The standard InChI is InChI=1S/C15H24N2O/c1-11-7-14(15(18-4)8-12(11)2)17(3)10-13-5-6-16-9-13/h7-8,13,16H,5-6,9-10H2,1-4H3. The molecule has 1 aliphatic heterocycles. The molecule has 3 nitrogen and oxygen atoms in total. The van der Waals surface area contributed by atoms with Gasteiger partial charge in [0.15, 0.2) is 0 Å². The second-order valence-electron chi connectivity index (χ2n) is 5.35. The van der Waals surface area contributed by atoms with Crippen molar-refractivity contribution >= 4 is 5.69 Å². The summed E-state index contributed by atoms with van der Waals surface area (Å²) in [7, 11) is 3.91. The van der Waals surface area contributed by atoms with Gasteiger partial charge in [-0.2, -0.15) is 0 Å². The first kappa shape index (κ1) is 13.2. The molecule has 0 saturated carbocycles. The third-order valence-corrected chi connectivity index (χ3v) is 3.90. The third kappa shape index (κ3) is 2.78. The van der Waals surface area contributed by atoms with Crippen molar-refractivity contribution in [2.24, 2.45) is 5.92 Å². The molecule has 1 aromatic carbocycles. The maximum absolute atomic E-state index is 5.51. The van der Waals surface area contributed by atoms with Crippen LogP contribution in [0, 0.1) is 19.8 Å². The summed E-state index contributed by atoms with van der Waals surface area (Å²) in [6.07, 6.45) is 1.28. The van der Waals surface area contributed by atoms with Gasteiger partial charge in [0, 0.05) is 13.6 Å². The lowest BCUT2D eigenvalue weighted by atomic mass is 10.1. The molecule has 0 spiro atoms. The molecule has 1 heterocycles. The Labute approximate surface area is 110 Å². The van der Waals surface area contributed by atoms with Gasteiger partial charge >= 0.3 is 0 Å². The number of rotatable bonds is 4. The SMILES string of the molecule is COc1cc(C)c(C)cc1N(C)CC1CCNC1. The molecule has 1 atom stereocenters. The van der Waals surface area contributed by atoms with E-state index < -0.39 is 0 Å². The molecule has 0 bridgehead atoms. The van der Waals surface area contributed by atoms with Crippen LogP contribution >= 0.6 is 0 Å². The van der Waals surface area contributed by atoms with Gasteiger partial charge in [-0.3, -0.25) is 0 Å². The van der Waals surface area contributed by atoms with E-state index in [9.17, 15) is 0 Å². The minimum Gasteiger partial charge on any atom is -0.495 e. The van der Waals surface area contributed by atoms with Gasteiger partial charge in [-0.15, -0.1) is 0 Å². The van der Waals surface area contributed by atoms with Crippen LogP contribution in [0.5, 0.6) is 5.75 Å². The predicted molar refractivity (Wildman–Crippen MR) is 76.7 cm³/mol. The van der Waals surface area contributed by atoms with E-state index in [2.05, 4.69) is 43.2 Å². The smallest absolute Gasteiger partial charge is 0.142 e. The van der Waals surface area contributed by atoms with Crippen LogP contribution in [0.2, 0.25) is 0 Å². The number of aryl methyl sites for hydroxylation is 2. The Morgan fingerprint density at radius 2 is 2.06 bits per heavy atom. The van der Waals surface area contributed by atoms with Crippen LogP contribution < -0.4 is 15.0 Å². The van der Waals surface area contributed by atoms with E-state index in [-0.39, 0.29) is 0 Å². The first-order valence-corrected chi connectivity index (χ1v) is 6.69. The summed E-state index contributed by atoms with van der Waals surface area (Å²) in [6.45, 7) is 7.66. The Morgan fingerprint density at radius 1 is 1.33 bits per heavy atom. The van der Waals surface area contributed by atoms with Gasteiger partial charge in [0.25, 0.3) is 0 Å². The predicted octanol–water partition coefficient (Wildman–Crippen LogP) is 2.36. The number of nitrogens with one attached hydrogen (secondary N) is 1. The summed E-state index contributed by atoms with van der Waals surface area (Å²) >= 11 is 0. The topological polar surface area (TPSA) is 24.5 Å². The van der Waals surface area contributed by atoms with Crippen LogP contribution in [0.3, 0.4) is 0 Å². The molecule has 1 fully saturated rings. The fourth-order valence-corrected chi connectivity index (χ4v) is 2.59.